The Kier molecular flexibility index (Phi) is 28.0. The predicted octanol–water partition coefficient (Wildman–Crippen LogP) is 10.9. The van der Waals surface area contributed by atoms with E-state index < -0.39 is 69.2 Å². The summed E-state index contributed by atoms with van der Waals surface area (Å²) >= 11 is 0. The lowest BCUT2D eigenvalue weighted by Crippen LogP contribution is -2.46. The summed E-state index contributed by atoms with van der Waals surface area (Å²) in [6.45, 7) is 12.8. The number of ketones is 2. The maximum Gasteiger partial charge on any atom is 0.326 e. The molecule has 516 valence electrons. The Bertz CT molecular complexity index is 3670. The summed E-state index contributed by atoms with van der Waals surface area (Å²) in [6, 6.07) is 29.9. The zero-order chi connectivity index (χ0) is 69.4. The molecule has 0 bridgehead atoms. The number of carboxylic acids is 3. The standard InChI is InChI=1S/C74H93N5O16S/c1-6-7-41-78-62-26-13-11-24-58(62)73(2,3)65(78)37-31-53-21-15-22-54(32-38-66-74(4,5)59-25-12-14-27-63(59)79(66)42-18-47-96(90,91)92)69(53)95-57-34-29-52(30-35-57)48-55(70(85)86)50-64(81)61(49-51-19-9-8-10-20-51)76-67(82)39-44-94-46-45-93-43-17-23-56(80)33-36-60(71(87)88)77-72(89)75-40-16-28-68(83)84/h8-14,19-20,24-27,29-32,34-35,37-38,55,60-61H,6-7,15-18,21-23,28,33,36,39-50H2,1-5H3,(H6-,75,76,77,82,83,84,85,86,87,88,89,90,91,92)/p+1/t55-,60+,61+/m1/s1. The molecule has 7 rings (SSSR count). The number of carbonyl (C=O) groups excluding carboxylic acids is 4. The van der Waals surface area contributed by atoms with E-state index in [-0.39, 0.29) is 114 Å². The van der Waals surface area contributed by atoms with Crippen molar-refractivity contribution in [1.29, 1.82) is 0 Å². The first kappa shape index (κ1) is 74.8. The summed E-state index contributed by atoms with van der Waals surface area (Å²) in [4.78, 5) is 89.8. The van der Waals surface area contributed by atoms with Crippen LogP contribution in [0.25, 0.3) is 0 Å². The number of nitrogens with one attached hydrogen (secondary N) is 3. The second-order valence-electron chi connectivity index (χ2n) is 25.7. The molecule has 0 spiro atoms. The Morgan fingerprint density at radius 1 is 0.677 bits per heavy atom. The van der Waals surface area contributed by atoms with Gasteiger partial charge in [0.1, 0.15) is 29.9 Å². The van der Waals surface area contributed by atoms with Gasteiger partial charge in [-0.15, -0.1) is 0 Å². The number of nitrogens with zero attached hydrogens (tertiary/aromatic N) is 2. The van der Waals surface area contributed by atoms with Crippen LogP contribution in [0.4, 0.5) is 16.2 Å². The molecule has 21 nitrogen and oxygen atoms in total. The van der Waals surface area contributed by atoms with Gasteiger partial charge in [-0.05, 0) is 130 Å². The monoisotopic (exact) mass is 1340 g/mol. The van der Waals surface area contributed by atoms with Crippen LogP contribution in [-0.4, -0.2) is 144 Å². The van der Waals surface area contributed by atoms with Crippen molar-refractivity contribution in [2.75, 3.05) is 56.7 Å². The number of allylic oxidation sites excluding steroid dienone is 7. The van der Waals surface area contributed by atoms with Gasteiger partial charge in [0.05, 0.1) is 42.9 Å². The highest BCUT2D eigenvalue weighted by atomic mass is 32.2. The highest BCUT2D eigenvalue weighted by Crippen LogP contribution is 2.48. The molecule has 2 aliphatic heterocycles. The van der Waals surface area contributed by atoms with E-state index in [1.807, 2.05) is 72.8 Å². The first-order valence-electron chi connectivity index (χ1n) is 33.3. The smallest absolute Gasteiger partial charge is 0.326 e. The van der Waals surface area contributed by atoms with Crippen LogP contribution in [0.2, 0.25) is 0 Å². The Morgan fingerprint density at radius 3 is 2.06 bits per heavy atom. The van der Waals surface area contributed by atoms with Gasteiger partial charge < -0.3 is 50.4 Å². The molecular formula is C74H94N5O16S+. The molecule has 0 saturated heterocycles. The van der Waals surface area contributed by atoms with Crippen molar-refractivity contribution in [2.45, 2.75) is 160 Å². The molecular weight excluding hydrogens is 1250 g/mol. The third kappa shape index (κ3) is 22.0. The summed E-state index contributed by atoms with van der Waals surface area (Å²) in [5.41, 5.74) is 9.38. The Morgan fingerprint density at radius 2 is 1.36 bits per heavy atom. The number of anilines is 1. The van der Waals surface area contributed by atoms with Gasteiger partial charge in [-0.1, -0.05) is 112 Å². The van der Waals surface area contributed by atoms with Gasteiger partial charge in [-0.25, -0.2) is 9.59 Å². The quantitative estimate of drug-likeness (QED) is 0.0124. The second kappa shape index (κ2) is 36.0. The molecule has 0 aromatic heterocycles. The van der Waals surface area contributed by atoms with Gasteiger partial charge in [0.25, 0.3) is 10.1 Å². The largest absolute Gasteiger partial charge is 0.481 e. The fourth-order valence-electron chi connectivity index (χ4n) is 12.5. The van der Waals surface area contributed by atoms with E-state index in [0.29, 0.717) is 36.5 Å². The number of hydrogen-bond donors (Lipinski definition) is 7. The third-order valence-corrected chi connectivity index (χ3v) is 18.5. The minimum atomic E-state index is -4.18. The number of Topliss-reactive ketones (excluding diaryl/α,β-unsaturated/α-hetero) is 2. The van der Waals surface area contributed by atoms with E-state index in [2.05, 4.69) is 115 Å². The molecule has 3 amide bonds. The number of rotatable bonds is 40. The molecule has 22 heteroatoms. The summed E-state index contributed by atoms with van der Waals surface area (Å²) in [5.74, 6) is -4.89. The molecule has 3 aliphatic rings. The average Bonchev–Trinajstić information content (AvgIpc) is 1.60. The van der Waals surface area contributed by atoms with E-state index in [4.69, 9.17) is 19.3 Å². The fourth-order valence-corrected chi connectivity index (χ4v) is 13.0. The number of hydrogen-bond acceptors (Lipinski definition) is 13. The minimum absolute atomic E-state index is 0.00273. The number of unbranched alkanes of at least 4 members (excludes halogenated alkanes) is 1. The number of fused-ring (bicyclic) bond motifs is 2. The lowest BCUT2D eigenvalue weighted by atomic mass is 9.81. The summed E-state index contributed by atoms with van der Waals surface area (Å²) < 4.78 is 53.7. The molecule has 0 unspecified atom stereocenters. The number of carbonyl (C=O) groups is 7. The topological polar surface area (TPSA) is 305 Å². The minimum Gasteiger partial charge on any atom is -0.481 e. The van der Waals surface area contributed by atoms with Gasteiger partial charge in [0.15, 0.2) is 11.5 Å². The van der Waals surface area contributed by atoms with Crippen molar-refractivity contribution in [3.05, 3.63) is 172 Å². The number of urea groups is 1. The predicted molar refractivity (Wildman–Crippen MR) is 366 cm³/mol. The number of benzene rings is 4. The molecule has 96 heavy (non-hydrogen) atoms. The molecule has 3 atom stereocenters. The van der Waals surface area contributed by atoms with Crippen LogP contribution in [0.1, 0.15) is 147 Å². The van der Waals surface area contributed by atoms with Gasteiger partial charge in [0.2, 0.25) is 11.6 Å². The van der Waals surface area contributed by atoms with Crippen molar-refractivity contribution in [2.24, 2.45) is 5.92 Å². The van der Waals surface area contributed by atoms with Crippen LogP contribution in [-0.2, 0) is 72.0 Å². The first-order chi connectivity index (χ1) is 45.9. The van der Waals surface area contributed by atoms with E-state index in [1.54, 1.807) is 0 Å². The van der Waals surface area contributed by atoms with E-state index >= 15 is 0 Å². The molecule has 4 aromatic rings. The molecule has 0 radical (unpaired) electrons. The van der Waals surface area contributed by atoms with Crippen molar-refractivity contribution in [3.8, 4) is 5.75 Å². The van der Waals surface area contributed by atoms with Crippen molar-refractivity contribution in [3.63, 3.8) is 0 Å². The zero-order valence-electron chi connectivity index (χ0n) is 55.8. The van der Waals surface area contributed by atoms with Crippen LogP contribution in [0, 0.1) is 5.92 Å². The molecule has 7 N–H and O–H groups in total. The van der Waals surface area contributed by atoms with Crippen molar-refractivity contribution >= 4 is 68.6 Å². The maximum absolute atomic E-state index is 14.2. The van der Waals surface area contributed by atoms with Crippen molar-refractivity contribution < 1.29 is 80.6 Å². The van der Waals surface area contributed by atoms with Gasteiger partial charge in [-0.3, -0.25) is 28.5 Å². The summed E-state index contributed by atoms with van der Waals surface area (Å²) in [7, 11) is -4.18. The van der Waals surface area contributed by atoms with Crippen LogP contribution >= 0.6 is 0 Å². The van der Waals surface area contributed by atoms with Gasteiger partial charge >= 0.3 is 23.9 Å². The van der Waals surface area contributed by atoms with Crippen LogP contribution in [0.15, 0.2) is 150 Å². The Hall–Kier alpha value is -8.57. The summed E-state index contributed by atoms with van der Waals surface area (Å²) in [6.07, 6.45) is 13.2. The van der Waals surface area contributed by atoms with Crippen LogP contribution in [0.3, 0.4) is 0 Å². The fraction of sp³-hybridized carbons (Fsp3) is 0.459. The number of carboxylic acid groups (broad SMARTS) is 3. The first-order valence-corrected chi connectivity index (χ1v) is 34.9. The second-order valence-corrected chi connectivity index (χ2v) is 27.2. The summed E-state index contributed by atoms with van der Waals surface area (Å²) in [5, 5.41) is 36.3. The molecule has 2 heterocycles. The highest BCUT2D eigenvalue weighted by Gasteiger charge is 2.44. The Labute approximate surface area is 563 Å². The number of aliphatic carboxylic acids is 3. The molecule has 1 aliphatic carbocycles. The molecule has 0 saturated carbocycles. The number of amides is 3. The molecule has 4 aromatic carbocycles. The van der Waals surface area contributed by atoms with Crippen LogP contribution < -0.4 is 25.6 Å². The lowest BCUT2D eigenvalue weighted by Gasteiger charge is -2.27. The Balaban J connectivity index is 0.994. The highest BCUT2D eigenvalue weighted by molar-refractivity contribution is 7.85. The van der Waals surface area contributed by atoms with Gasteiger partial charge in [-0.2, -0.15) is 13.0 Å². The third-order valence-electron chi connectivity index (χ3n) is 17.7. The van der Waals surface area contributed by atoms with Gasteiger partial charge in [0, 0.05) is 92.7 Å². The van der Waals surface area contributed by atoms with E-state index in [9.17, 15) is 56.7 Å². The normalized spacial score (nSPS) is 16.7. The van der Waals surface area contributed by atoms with E-state index in [0.717, 1.165) is 65.9 Å². The lowest BCUT2D eigenvalue weighted by molar-refractivity contribution is -0.437. The maximum atomic E-state index is 14.2. The number of ether oxygens (including phenoxy) is 3. The molecule has 0 fully saturated rings. The average molecular weight is 1340 g/mol. The zero-order valence-corrected chi connectivity index (χ0v) is 56.6. The van der Waals surface area contributed by atoms with Crippen molar-refractivity contribution in [1.82, 2.24) is 16.0 Å². The van der Waals surface area contributed by atoms with Crippen LogP contribution in [0.5, 0.6) is 5.75 Å². The SMILES string of the molecule is CCCCN1/C(=C/C=C2\CCCC(/C=C/C3=[N+](CCCS(=O)(=O)O)c4ccccc4C3(C)C)=C2Oc2ccc(C[C@H](CC(=O)[C@H](Cc3ccccc3)NC(=O)CCOCCOCCCC(=O)CC[C@H](NC(=O)NCCCC(=O)O)C(=O)O)C(=O)O)cc2)C(C)(C)c2ccccc21. The van der Waals surface area contributed by atoms with E-state index in [1.165, 1.54) is 16.9 Å². The number of para-hydroxylation sites is 2.